The fourth-order valence-electron chi connectivity index (χ4n) is 2.56. The minimum atomic E-state index is -0.114. The zero-order valence-electron chi connectivity index (χ0n) is 13.9. The summed E-state index contributed by atoms with van der Waals surface area (Å²) in [4.78, 5) is 21.2. The first-order chi connectivity index (χ1) is 12.8. The number of thiazole rings is 1. The van der Waals surface area contributed by atoms with Crippen molar-refractivity contribution in [3.63, 3.8) is 0 Å². The summed E-state index contributed by atoms with van der Waals surface area (Å²) in [5.74, 6) is -0.114. The Morgan fingerprint density at radius 3 is 2.58 bits per heavy atom. The average molecular weight is 360 g/mol. The molecule has 0 bridgehead atoms. The average Bonchev–Trinajstić information content (AvgIpc) is 3.39. The molecule has 0 saturated heterocycles. The zero-order valence-corrected chi connectivity index (χ0v) is 14.7. The highest BCUT2D eigenvalue weighted by Crippen LogP contribution is 2.21. The Morgan fingerprint density at radius 2 is 1.85 bits per heavy atom. The highest BCUT2D eigenvalue weighted by Gasteiger charge is 2.09. The third-order valence-electron chi connectivity index (χ3n) is 3.90. The second-order valence-electron chi connectivity index (χ2n) is 5.68. The lowest BCUT2D eigenvalue weighted by molar-refractivity contribution is 0.0950. The van der Waals surface area contributed by atoms with Crippen molar-refractivity contribution in [2.45, 2.75) is 6.54 Å². The summed E-state index contributed by atoms with van der Waals surface area (Å²) in [6.45, 7) is 0.390. The van der Waals surface area contributed by atoms with Crippen molar-refractivity contribution in [1.82, 2.24) is 19.9 Å². The van der Waals surface area contributed by atoms with Gasteiger partial charge in [-0.05, 0) is 48.5 Å². The largest absolute Gasteiger partial charge is 0.346 e. The van der Waals surface area contributed by atoms with Gasteiger partial charge in [-0.3, -0.25) is 9.78 Å². The predicted molar refractivity (Wildman–Crippen MR) is 102 cm³/mol. The van der Waals surface area contributed by atoms with Crippen molar-refractivity contribution in [3.05, 3.63) is 89.8 Å². The lowest BCUT2D eigenvalue weighted by Crippen LogP contribution is -2.22. The maximum Gasteiger partial charge on any atom is 0.251 e. The number of pyridine rings is 1. The SMILES string of the molecule is O=C(NCc1csc(-c2ccccn2)n1)c1ccc(-n2cccc2)cc1. The van der Waals surface area contributed by atoms with Gasteiger partial charge in [0, 0.05) is 35.2 Å². The number of nitrogens with zero attached hydrogens (tertiary/aromatic N) is 3. The maximum atomic E-state index is 12.3. The Bertz CT molecular complexity index is 992. The van der Waals surface area contributed by atoms with Crippen LogP contribution in [0.15, 0.2) is 78.6 Å². The number of amides is 1. The molecule has 3 aromatic heterocycles. The summed E-state index contributed by atoms with van der Waals surface area (Å²) in [6, 6.07) is 17.2. The molecule has 5 nitrogen and oxygen atoms in total. The molecular weight excluding hydrogens is 344 g/mol. The summed E-state index contributed by atoms with van der Waals surface area (Å²) < 4.78 is 2.00. The van der Waals surface area contributed by atoms with Crippen LogP contribution in [0.4, 0.5) is 0 Å². The Morgan fingerprint density at radius 1 is 1.04 bits per heavy atom. The van der Waals surface area contributed by atoms with Crippen molar-refractivity contribution in [2.24, 2.45) is 0 Å². The summed E-state index contributed by atoms with van der Waals surface area (Å²) in [5, 5.41) is 5.71. The van der Waals surface area contributed by atoms with Crippen LogP contribution in [0.25, 0.3) is 16.4 Å². The van der Waals surface area contributed by atoms with Crippen LogP contribution < -0.4 is 5.32 Å². The van der Waals surface area contributed by atoms with Gasteiger partial charge in [0.25, 0.3) is 5.91 Å². The highest BCUT2D eigenvalue weighted by atomic mass is 32.1. The topological polar surface area (TPSA) is 59.8 Å². The Balaban J connectivity index is 1.39. The lowest BCUT2D eigenvalue weighted by atomic mass is 10.2. The molecule has 0 unspecified atom stereocenters. The molecule has 0 aliphatic heterocycles. The van der Waals surface area contributed by atoms with Gasteiger partial charge in [0.1, 0.15) is 5.01 Å². The van der Waals surface area contributed by atoms with Crippen LogP contribution in [0.3, 0.4) is 0 Å². The van der Waals surface area contributed by atoms with Crippen molar-refractivity contribution in [1.29, 1.82) is 0 Å². The molecule has 4 rings (SSSR count). The molecule has 0 radical (unpaired) electrons. The van der Waals surface area contributed by atoms with E-state index in [0.717, 1.165) is 22.1 Å². The standard InChI is InChI=1S/C20H16N4OS/c25-19(15-6-8-17(9-7-15)24-11-3-4-12-24)22-13-16-14-26-20(23-16)18-5-1-2-10-21-18/h1-12,14H,13H2,(H,22,25). The van der Waals surface area contributed by atoms with Crippen LogP contribution in [-0.2, 0) is 6.54 Å². The molecule has 1 amide bonds. The Hall–Kier alpha value is -3.25. The van der Waals surface area contributed by atoms with Crippen molar-refractivity contribution in [2.75, 3.05) is 0 Å². The van der Waals surface area contributed by atoms with Gasteiger partial charge in [0.15, 0.2) is 0 Å². The second-order valence-corrected chi connectivity index (χ2v) is 6.54. The van der Waals surface area contributed by atoms with Gasteiger partial charge in [-0.2, -0.15) is 0 Å². The van der Waals surface area contributed by atoms with Crippen molar-refractivity contribution in [3.8, 4) is 16.4 Å². The van der Waals surface area contributed by atoms with Gasteiger partial charge < -0.3 is 9.88 Å². The van der Waals surface area contributed by atoms with E-state index < -0.39 is 0 Å². The van der Waals surface area contributed by atoms with Gasteiger partial charge in [-0.1, -0.05) is 6.07 Å². The fraction of sp³-hybridized carbons (Fsp3) is 0.0500. The van der Waals surface area contributed by atoms with E-state index in [-0.39, 0.29) is 5.91 Å². The molecule has 0 atom stereocenters. The predicted octanol–water partition coefficient (Wildman–Crippen LogP) is 3.93. The number of hydrogen-bond donors (Lipinski definition) is 1. The Kier molecular flexibility index (Phi) is 4.57. The van der Waals surface area contributed by atoms with Crippen molar-refractivity contribution < 1.29 is 4.79 Å². The summed E-state index contributed by atoms with van der Waals surface area (Å²) in [7, 11) is 0. The van der Waals surface area contributed by atoms with E-state index in [2.05, 4.69) is 15.3 Å². The third-order valence-corrected chi connectivity index (χ3v) is 4.81. The number of rotatable bonds is 5. The molecule has 0 spiro atoms. The van der Waals surface area contributed by atoms with Gasteiger partial charge in [0.2, 0.25) is 0 Å². The molecule has 1 aromatic carbocycles. The molecule has 4 aromatic rings. The second kappa shape index (κ2) is 7.33. The monoisotopic (exact) mass is 360 g/mol. The molecule has 0 aliphatic carbocycles. The number of hydrogen-bond acceptors (Lipinski definition) is 4. The molecule has 1 N–H and O–H groups in total. The minimum Gasteiger partial charge on any atom is -0.346 e. The van der Waals surface area contributed by atoms with E-state index in [1.165, 1.54) is 11.3 Å². The molecule has 0 aliphatic rings. The molecule has 0 fully saturated rings. The number of nitrogens with one attached hydrogen (secondary N) is 1. The van der Waals surface area contributed by atoms with Crippen LogP contribution in [0, 0.1) is 0 Å². The first-order valence-electron chi connectivity index (χ1n) is 8.17. The third kappa shape index (κ3) is 3.55. The Labute approximate surface area is 155 Å². The minimum absolute atomic E-state index is 0.114. The first kappa shape index (κ1) is 16.2. The zero-order chi connectivity index (χ0) is 17.8. The van der Waals surface area contributed by atoms with Crippen LogP contribution in [0.2, 0.25) is 0 Å². The van der Waals surface area contributed by atoms with Gasteiger partial charge in [0.05, 0.1) is 17.9 Å². The first-order valence-corrected chi connectivity index (χ1v) is 9.05. The molecule has 26 heavy (non-hydrogen) atoms. The smallest absolute Gasteiger partial charge is 0.251 e. The number of aromatic nitrogens is 3. The van der Waals surface area contributed by atoms with Crippen LogP contribution in [-0.4, -0.2) is 20.4 Å². The van der Waals surface area contributed by atoms with E-state index in [1.54, 1.807) is 6.20 Å². The normalized spacial score (nSPS) is 10.6. The van der Waals surface area contributed by atoms with Crippen molar-refractivity contribution >= 4 is 17.2 Å². The molecule has 128 valence electrons. The molecule has 3 heterocycles. The van der Waals surface area contributed by atoms with Gasteiger partial charge >= 0.3 is 0 Å². The van der Waals surface area contributed by atoms with Crippen LogP contribution in [0.5, 0.6) is 0 Å². The van der Waals surface area contributed by atoms with E-state index in [0.29, 0.717) is 12.1 Å². The fourth-order valence-corrected chi connectivity index (χ4v) is 3.35. The lowest BCUT2D eigenvalue weighted by Gasteiger charge is -2.06. The van der Waals surface area contributed by atoms with Crippen LogP contribution in [0.1, 0.15) is 16.1 Å². The van der Waals surface area contributed by atoms with Gasteiger partial charge in [-0.15, -0.1) is 11.3 Å². The summed E-state index contributed by atoms with van der Waals surface area (Å²) in [6.07, 6.45) is 5.68. The highest BCUT2D eigenvalue weighted by molar-refractivity contribution is 7.13. The molecular formula is C20H16N4OS. The van der Waals surface area contributed by atoms with E-state index in [4.69, 9.17) is 0 Å². The number of carbonyl (C=O) groups is 1. The van der Waals surface area contributed by atoms with Crippen LogP contribution >= 0.6 is 11.3 Å². The quantitative estimate of drug-likeness (QED) is 0.587. The number of carbonyl (C=O) groups excluding carboxylic acids is 1. The van der Waals surface area contributed by atoms with E-state index in [1.807, 2.05) is 76.9 Å². The molecule has 0 saturated carbocycles. The molecule has 6 heteroatoms. The summed E-state index contributed by atoms with van der Waals surface area (Å²) in [5.41, 5.74) is 3.32. The van der Waals surface area contributed by atoms with Gasteiger partial charge in [-0.25, -0.2) is 4.98 Å². The maximum absolute atomic E-state index is 12.3. The summed E-state index contributed by atoms with van der Waals surface area (Å²) >= 11 is 1.52. The van der Waals surface area contributed by atoms with E-state index >= 15 is 0 Å². The number of benzene rings is 1. The van der Waals surface area contributed by atoms with E-state index in [9.17, 15) is 4.79 Å².